The highest BCUT2D eigenvalue weighted by Crippen LogP contribution is 2.21. The quantitative estimate of drug-likeness (QED) is 0.483. The molecular weight excluding hydrogens is 458 g/mol. The Morgan fingerprint density at radius 2 is 1.53 bits per heavy atom. The predicted octanol–water partition coefficient (Wildman–Crippen LogP) is 3.22. The molecular formula is C24H25N3O6S. The SMILES string of the molecule is COc1ccc(NS(=O)(=O)c2cccc(C(=O)N(C)CC(=O)Nc3cccc(OC)c3)c2)cc1. The number of hydrogen-bond acceptors (Lipinski definition) is 6. The van der Waals surface area contributed by atoms with Crippen LogP contribution in [0.4, 0.5) is 11.4 Å². The number of sulfonamides is 1. The standard InChI is InChI=1S/C24H25N3O6S/c1-27(16-23(28)25-19-7-5-8-21(15-19)33-3)24(29)17-6-4-9-22(14-17)34(30,31)26-18-10-12-20(32-2)13-11-18/h4-15,26H,16H2,1-3H3,(H,25,28). The van der Waals surface area contributed by atoms with Crippen molar-refractivity contribution in [1.82, 2.24) is 4.90 Å². The number of carbonyl (C=O) groups is 2. The zero-order valence-electron chi connectivity index (χ0n) is 18.9. The number of anilines is 2. The summed E-state index contributed by atoms with van der Waals surface area (Å²) in [6.45, 7) is -0.225. The van der Waals surface area contributed by atoms with E-state index in [4.69, 9.17) is 9.47 Å². The topological polar surface area (TPSA) is 114 Å². The van der Waals surface area contributed by atoms with Crippen LogP contribution in [-0.4, -0.2) is 52.9 Å². The Bertz CT molecular complexity index is 1280. The second-order valence-corrected chi connectivity index (χ2v) is 8.99. The summed E-state index contributed by atoms with van der Waals surface area (Å²) in [6.07, 6.45) is 0. The molecule has 10 heteroatoms. The van der Waals surface area contributed by atoms with E-state index in [0.717, 1.165) is 0 Å². The maximum absolute atomic E-state index is 12.8. The molecule has 3 aromatic rings. The maximum atomic E-state index is 12.8. The number of amides is 2. The molecule has 9 nitrogen and oxygen atoms in total. The van der Waals surface area contributed by atoms with Crippen molar-refractivity contribution in [2.45, 2.75) is 4.90 Å². The number of hydrogen-bond donors (Lipinski definition) is 2. The second-order valence-electron chi connectivity index (χ2n) is 7.30. The van der Waals surface area contributed by atoms with Crippen LogP contribution >= 0.6 is 0 Å². The Hall–Kier alpha value is -4.05. The van der Waals surface area contributed by atoms with E-state index in [1.807, 2.05) is 0 Å². The van der Waals surface area contributed by atoms with E-state index in [9.17, 15) is 18.0 Å². The summed E-state index contributed by atoms with van der Waals surface area (Å²) in [5.41, 5.74) is 1.01. The van der Waals surface area contributed by atoms with Crippen molar-refractivity contribution in [3.63, 3.8) is 0 Å². The zero-order valence-corrected chi connectivity index (χ0v) is 19.8. The van der Waals surface area contributed by atoms with Crippen molar-refractivity contribution in [3.05, 3.63) is 78.4 Å². The molecule has 0 aromatic heterocycles. The Morgan fingerprint density at radius 1 is 0.853 bits per heavy atom. The van der Waals surface area contributed by atoms with E-state index in [1.54, 1.807) is 48.5 Å². The molecule has 0 aliphatic carbocycles. The Labute approximate surface area is 198 Å². The normalized spacial score (nSPS) is 10.8. The predicted molar refractivity (Wildman–Crippen MR) is 129 cm³/mol. The van der Waals surface area contributed by atoms with Crippen molar-refractivity contribution in [2.24, 2.45) is 0 Å². The lowest BCUT2D eigenvalue weighted by Crippen LogP contribution is -2.35. The molecule has 0 aliphatic heterocycles. The summed E-state index contributed by atoms with van der Waals surface area (Å²) in [6, 6.07) is 18.8. The van der Waals surface area contributed by atoms with Crippen LogP contribution in [0.1, 0.15) is 10.4 Å². The van der Waals surface area contributed by atoms with Gasteiger partial charge in [0.15, 0.2) is 0 Å². The molecule has 0 saturated carbocycles. The molecule has 0 bridgehead atoms. The molecule has 0 unspecified atom stereocenters. The number of likely N-dealkylation sites (N-methyl/N-ethyl adjacent to an activating group) is 1. The largest absolute Gasteiger partial charge is 0.497 e. The Balaban J connectivity index is 1.68. The van der Waals surface area contributed by atoms with Gasteiger partial charge in [-0.1, -0.05) is 12.1 Å². The molecule has 2 amide bonds. The summed E-state index contributed by atoms with van der Waals surface area (Å²) in [4.78, 5) is 26.3. The monoisotopic (exact) mass is 483 g/mol. The minimum Gasteiger partial charge on any atom is -0.497 e. The first-order valence-corrected chi connectivity index (χ1v) is 11.7. The average Bonchev–Trinajstić information content (AvgIpc) is 2.84. The van der Waals surface area contributed by atoms with Crippen molar-refractivity contribution < 1.29 is 27.5 Å². The highest BCUT2D eigenvalue weighted by molar-refractivity contribution is 7.92. The molecule has 178 valence electrons. The molecule has 0 fully saturated rings. The molecule has 34 heavy (non-hydrogen) atoms. The van der Waals surface area contributed by atoms with Gasteiger partial charge in [0.05, 0.1) is 25.7 Å². The van der Waals surface area contributed by atoms with Crippen molar-refractivity contribution >= 4 is 33.2 Å². The first kappa shape index (κ1) is 24.6. The smallest absolute Gasteiger partial charge is 0.261 e. The van der Waals surface area contributed by atoms with E-state index in [0.29, 0.717) is 22.9 Å². The summed E-state index contributed by atoms with van der Waals surface area (Å²) in [5, 5.41) is 2.70. The molecule has 3 aromatic carbocycles. The molecule has 2 N–H and O–H groups in total. The van der Waals surface area contributed by atoms with Crippen LogP contribution < -0.4 is 19.5 Å². The Kier molecular flexibility index (Phi) is 7.75. The molecule has 3 rings (SSSR count). The van der Waals surface area contributed by atoms with Gasteiger partial charge in [-0.2, -0.15) is 0 Å². The number of nitrogens with one attached hydrogen (secondary N) is 2. The fourth-order valence-electron chi connectivity index (χ4n) is 3.08. The van der Waals surface area contributed by atoms with E-state index >= 15 is 0 Å². The molecule has 0 heterocycles. The van der Waals surface area contributed by atoms with Gasteiger partial charge in [0, 0.05) is 30.1 Å². The van der Waals surface area contributed by atoms with Crippen LogP contribution in [0.3, 0.4) is 0 Å². The van der Waals surface area contributed by atoms with Gasteiger partial charge < -0.3 is 19.7 Å². The third kappa shape index (κ3) is 6.26. The van der Waals surface area contributed by atoms with E-state index < -0.39 is 21.8 Å². The molecule has 0 aliphatic rings. The summed E-state index contributed by atoms with van der Waals surface area (Å²) in [7, 11) is 0.562. The number of rotatable bonds is 9. The lowest BCUT2D eigenvalue weighted by molar-refractivity contribution is -0.116. The lowest BCUT2D eigenvalue weighted by atomic mass is 10.2. The summed E-state index contributed by atoms with van der Waals surface area (Å²) < 4.78 is 38.2. The van der Waals surface area contributed by atoms with Gasteiger partial charge >= 0.3 is 0 Å². The van der Waals surface area contributed by atoms with Crippen molar-refractivity contribution in [2.75, 3.05) is 37.9 Å². The van der Waals surface area contributed by atoms with Crippen molar-refractivity contribution in [1.29, 1.82) is 0 Å². The van der Waals surface area contributed by atoms with Crippen LogP contribution in [0.2, 0.25) is 0 Å². The third-order valence-electron chi connectivity index (χ3n) is 4.81. The van der Waals surface area contributed by atoms with Crippen LogP contribution in [0, 0.1) is 0 Å². The van der Waals surface area contributed by atoms with Crippen LogP contribution in [0.25, 0.3) is 0 Å². The molecule has 0 radical (unpaired) electrons. The first-order valence-electron chi connectivity index (χ1n) is 10.2. The number of ether oxygens (including phenoxy) is 2. The first-order chi connectivity index (χ1) is 16.2. The lowest BCUT2D eigenvalue weighted by Gasteiger charge is -2.17. The number of nitrogens with zero attached hydrogens (tertiary/aromatic N) is 1. The van der Waals surface area contributed by atoms with Gasteiger partial charge in [0.2, 0.25) is 5.91 Å². The minimum atomic E-state index is -3.94. The summed E-state index contributed by atoms with van der Waals surface area (Å²) >= 11 is 0. The highest BCUT2D eigenvalue weighted by atomic mass is 32.2. The van der Waals surface area contributed by atoms with E-state index in [-0.39, 0.29) is 17.0 Å². The fraction of sp³-hybridized carbons (Fsp3) is 0.167. The zero-order chi connectivity index (χ0) is 24.7. The molecule has 0 spiro atoms. The number of carbonyl (C=O) groups excluding carboxylic acids is 2. The van der Waals surface area contributed by atoms with Gasteiger partial charge in [0.1, 0.15) is 11.5 Å². The van der Waals surface area contributed by atoms with Gasteiger partial charge in [-0.05, 0) is 54.6 Å². The summed E-state index contributed by atoms with van der Waals surface area (Å²) in [5.74, 6) is 0.272. The van der Waals surface area contributed by atoms with E-state index in [2.05, 4.69) is 10.0 Å². The van der Waals surface area contributed by atoms with Crippen molar-refractivity contribution in [3.8, 4) is 11.5 Å². The van der Waals surface area contributed by atoms with E-state index in [1.165, 1.54) is 50.4 Å². The number of methoxy groups -OCH3 is 2. The number of benzene rings is 3. The van der Waals surface area contributed by atoms with Gasteiger partial charge in [-0.25, -0.2) is 8.42 Å². The third-order valence-corrected chi connectivity index (χ3v) is 6.19. The van der Waals surface area contributed by atoms with Gasteiger partial charge in [0.25, 0.3) is 15.9 Å². The maximum Gasteiger partial charge on any atom is 0.261 e. The molecule has 0 atom stereocenters. The average molecular weight is 484 g/mol. The highest BCUT2D eigenvalue weighted by Gasteiger charge is 2.20. The van der Waals surface area contributed by atoms with Gasteiger partial charge in [-0.15, -0.1) is 0 Å². The minimum absolute atomic E-state index is 0.0802. The molecule has 0 saturated heterocycles. The van der Waals surface area contributed by atoms with Crippen LogP contribution in [0.15, 0.2) is 77.7 Å². The van der Waals surface area contributed by atoms with Crippen LogP contribution in [-0.2, 0) is 14.8 Å². The fourth-order valence-corrected chi connectivity index (χ4v) is 4.18. The Morgan fingerprint density at radius 3 is 2.21 bits per heavy atom. The second kappa shape index (κ2) is 10.7. The van der Waals surface area contributed by atoms with Gasteiger partial charge in [-0.3, -0.25) is 14.3 Å². The van der Waals surface area contributed by atoms with Crippen LogP contribution in [0.5, 0.6) is 11.5 Å².